The highest BCUT2D eigenvalue weighted by atomic mass is 16.3. The van der Waals surface area contributed by atoms with Crippen molar-refractivity contribution in [2.45, 2.75) is 52.2 Å². The zero-order chi connectivity index (χ0) is 10.8. The van der Waals surface area contributed by atoms with Gasteiger partial charge in [-0.1, -0.05) is 20.8 Å². The van der Waals surface area contributed by atoms with Crippen LogP contribution in [0.4, 0.5) is 0 Å². The van der Waals surface area contributed by atoms with Crippen LogP contribution in [0.2, 0.25) is 0 Å². The van der Waals surface area contributed by atoms with Crippen molar-refractivity contribution in [1.82, 2.24) is 0 Å². The summed E-state index contributed by atoms with van der Waals surface area (Å²) in [6.07, 6.45) is 4.61. The smallest absolute Gasteiger partial charge is 0.237 e. The van der Waals surface area contributed by atoms with Gasteiger partial charge in [0.1, 0.15) is 0 Å². The molecule has 1 saturated carbocycles. The van der Waals surface area contributed by atoms with E-state index in [9.17, 15) is 9.90 Å². The molecule has 1 fully saturated rings. The highest BCUT2D eigenvalue weighted by molar-refractivity contribution is 5.34. The van der Waals surface area contributed by atoms with Gasteiger partial charge in [-0.3, -0.25) is 0 Å². The second-order valence-corrected chi connectivity index (χ2v) is 5.37. The molecule has 1 aliphatic carbocycles. The number of carbonyl (C=O) groups excluding carboxylic acids is 1. The summed E-state index contributed by atoms with van der Waals surface area (Å²) in [5.74, 6) is 0.584. The lowest BCUT2D eigenvalue weighted by Crippen LogP contribution is -2.30. The number of nitrogens with zero attached hydrogens (tertiary/aromatic N) is 1. The third kappa shape index (κ3) is 2.93. The number of rotatable bonds is 1. The number of hydrogen-bond acceptors (Lipinski definition) is 3. The molecule has 0 amide bonds. The van der Waals surface area contributed by atoms with Crippen LogP contribution in [0.3, 0.4) is 0 Å². The molecule has 0 spiro atoms. The van der Waals surface area contributed by atoms with Crippen molar-refractivity contribution in [3.63, 3.8) is 0 Å². The minimum Gasteiger partial charge on any atom is -0.368 e. The SMILES string of the molecule is CC1CCC(O)(N=C=O)CC(C)(C)C1. The fourth-order valence-electron chi connectivity index (χ4n) is 2.63. The fraction of sp³-hybridized carbons (Fsp3) is 0.909. The molecule has 1 rings (SSSR count). The van der Waals surface area contributed by atoms with E-state index in [1.54, 1.807) is 0 Å². The van der Waals surface area contributed by atoms with Crippen LogP contribution in [-0.2, 0) is 4.79 Å². The van der Waals surface area contributed by atoms with Crippen molar-refractivity contribution in [3.05, 3.63) is 0 Å². The summed E-state index contributed by atoms with van der Waals surface area (Å²) < 4.78 is 0. The molecule has 3 heteroatoms. The molecule has 14 heavy (non-hydrogen) atoms. The Morgan fingerprint density at radius 3 is 2.71 bits per heavy atom. The molecule has 0 aromatic carbocycles. The van der Waals surface area contributed by atoms with Crippen molar-refractivity contribution in [2.24, 2.45) is 16.3 Å². The summed E-state index contributed by atoms with van der Waals surface area (Å²) in [5, 5.41) is 10.1. The molecule has 1 aliphatic rings. The average Bonchev–Trinajstić information content (AvgIpc) is 2.07. The summed E-state index contributed by atoms with van der Waals surface area (Å²) in [5.41, 5.74) is -1.12. The Kier molecular flexibility index (Phi) is 3.13. The molecule has 3 nitrogen and oxygen atoms in total. The average molecular weight is 197 g/mol. The number of aliphatic hydroxyl groups is 1. The predicted octanol–water partition coefficient (Wildman–Crippen LogP) is 2.25. The van der Waals surface area contributed by atoms with Gasteiger partial charge in [0.2, 0.25) is 6.08 Å². The third-order valence-corrected chi connectivity index (χ3v) is 2.95. The van der Waals surface area contributed by atoms with Gasteiger partial charge in [-0.05, 0) is 30.6 Å². The standard InChI is InChI=1S/C11H19NO2/c1-9-4-5-11(14,12-8-13)7-10(2,3)6-9/h9,14H,4-7H2,1-3H3. The van der Waals surface area contributed by atoms with E-state index in [-0.39, 0.29) is 5.41 Å². The maximum Gasteiger partial charge on any atom is 0.237 e. The Balaban J connectivity index is 2.86. The summed E-state index contributed by atoms with van der Waals surface area (Å²) in [7, 11) is 0. The molecule has 0 bridgehead atoms. The van der Waals surface area contributed by atoms with Crippen molar-refractivity contribution in [3.8, 4) is 0 Å². The molecule has 0 aromatic heterocycles. The van der Waals surface area contributed by atoms with Gasteiger partial charge < -0.3 is 5.11 Å². The zero-order valence-electron chi connectivity index (χ0n) is 9.21. The van der Waals surface area contributed by atoms with Crippen LogP contribution in [0.25, 0.3) is 0 Å². The molecule has 0 radical (unpaired) electrons. The fourth-order valence-corrected chi connectivity index (χ4v) is 2.63. The number of isocyanates is 1. The molecule has 0 aliphatic heterocycles. The maximum atomic E-state index is 10.2. The molecule has 2 unspecified atom stereocenters. The van der Waals surface area contributed by atoms with E-state index >= 15 is 0 Å². The van der Waals surface area contributed by atoms with Crippen LogP contribution >= 0.6 is 0 Å². The normalized spacial score (nSPS) is 37.0. The van der Waals surface area contributed by atoms with Gasteiger partial charge in [-0.25, -0.2) is 4.79 Å². The lowest BCUT2D eigenvalue weighted by molar-refractivity contribution is 0.00664. The molecule has 2 atom stereocenters. The second kappa shape index (κ2) is 3.84. The van der Waals surface area contributed by atoms with Crippen LogP contribution in [0, 0.1) is 11.3 Å². The van der Waals surface area contributed by atoms with Gasteiger partial charge in [-0.15, -0.1) is 0 Å². The third-order valence-electron chi connectivity index (χ3n) is 2.95. The van der Waals surface area contributed by atoms with Crippen LogP contribution in [0.1, 0.15) is 46.5 Å². The first-order chi connectivity index (χ1) is 6.37. The highest BCUT2D eigenvalue weighted by Crippen LogP contribution is 2.41. The van der Waals surface area contributed by atoms with Crippen molar-refractivity contribution in [1.29, 1.82) is 0 Å². The van der Waals surface area contributed by atoms with E-state index in [2.05, 4.69) is 25.8 Å². The van der Waals surface area contributed by atoms with E-state index in [1.165, 1.54) is 6.08 Å². The first kappa shape index (κ1) is 11.4. The first-order valence-electron chi connectivity index (χ1n) is 5.18. The van der Waals surface area contributed by atoms with Gasteiger partial charge in [0.25, 0.3) is 0 Å². The largest absolute Gasteiger partial charge is 0.368 e. The Labute approximate surface area is 85.2 Å². The van der Waals surface area contributed by atoms with E-state index in [4.69, 9.17) is 0 Å². The molecule has 0 saturated heterocycles. The van der Waals surface area contributed by atoms with Gasteiger partial charge in [0.15, 0.2) is 5.72 Å². The molecule has 80 valence electrons. The van der Waals surface area contributed by atoms with E-state index in [0.29, 0.717) is 18.8 Å². The van der Waals surface area contributed by atoms with Crippen molar-refractivity contribution < 1.29 is 9.90 Å². The van der Waals surface area contributed by atoms with Gasteiger partial charge in [0, 0.05) is 6.42 Å². The van der Waals surface area contributed by atoms with Crippen LogP contribution in [0.15, 0.2) is 4.99 Å². The van der Waals surface area contributed by atoms with Crippen LogP contribution in [0.5, 0.6) is 0 Å². The second-order valence-electron chi connectivity index (χ2n) is 5.37. The minimum atomic E-state index is -1.17. The topological polar surface area (TPSA) is 49.7 Å². The van der Waals surface area contributed by atoms with E-state index < -0.39 is 5.72 Å². The van der Waals surface area contributed by atoms with E-state index in [1.807, 2.05) is 0 Å². The van der Waals surface area contributed by atoms with Gasteiger partial charge >= 0.3 is 0 Å². The summed E-state index contributed by atoms with van der Waals surface area (Å²) in [6, 6.07) is 0. The highest BCUT2D eigenvalue weighted by Gasteiger charge is 2.38. The van der Waals surface area contributed by atoms with Crippen molar-refractivity contribution >= 4 is 6.08 Å². The lowest BCUT2D eigenvalue weighted by Gasteiger charge is -2.29. The van der Waals surface area contributed by atoms with E-state index in [0.717, 1.165) is 12.8 Å². The quantitative estimate of drug-likeness (QED) is 0.398. The van der Waals surface area contributed by atoms with Crippen molar-refractivity contribution in [2.75, 3.05) is 0 Å². The maximum absolute atomic E-state index is 10.2. The summed E-state index contributed by atoms with van der Waals surface area (Å²) in [6.45, 7) is 6.40. The Bertz CT molecular complexity index is 256. The summed E-state index contributed by atoms with van der Waals surface area (Å²) in [4.78, 5) is 13.8. The molecule has 1 N–H and O–H groups in total. The number of aliphatic imine (C=N–C) groups is 1. The summed E-state index contributed by atoms with van der Waals surface area (Å²) >= 11 is 0. The van der Waals surface area contributed by atoms with Crippen LogP contribution < -0.4 is 0 Å². The van der Waals surface area contributed by atoms with Gasteiger partial charge in [0.05, 0.1) is 0 Å². The molecule has 0 aromatic rings. The molecular weight excluding hydrogens is 178 g/mol. The Morgan fingerprint density at radius 2 is 2.14 bits per heavy atom. The molecular formula is C11H19NO2. The lowest BCUT2D eigenvalue weighted by atomic mass is 9.80. The Morgan fingerprint density at radius 1 is 1.50 bits per heavy atom. The Hall–Kier alpha value is -0.660. The van der Waals surface area contributed by atoms with Crippen LogP contribution in [-0.4, -0.2) is 16.9 Å². The van der Waals surface area contributed by atoms with Gasteiger partial charge in [-0.2, -0.15) is 4.99 Å². The monoisotopic (exact) mass is 197 g/mol. The molecule has 0 heterocycles. The zero-order valence-corrected chi connectivity index (χ0v) is 9.21. The number of hydrogen-bond donors (Lipinski definition) is 1. The minimum absolute atomic E-state index is 0.0466. The predicted molar refractivity (Wildman–Crippen MR) is 54.5 cm³/mol. The first-order valence-corrected chi connectivity index (χ1v) is 5.18.